The highest BCUT2D eigenvalue weighted by Crippen LogP contribution is 2.22. The van der Waals surface area contributed by atoms with Gasteiger partial charge in [-0.3, -0.25) is 9.67 Å². The van der Waals surface area contributed by atoms with Gasteiger partial charge in [-0.2, -0.15) is 5.10 Å². The minimum absolute atomic E-state index is 0. The summed E-state index contributed by atoms with van der Waals surface area (Å²) < 4.78 is 1.90. The van der Waals surface area contributed by atoms with Crippen molar-refractivity contribution in [2.75, 3.05) is 20.1 Å². The summed E-state index contributed by atoms with van der Waals surface area (Å²) in [6.07, 6.45) is 4.72. The summed E-state index contributed by atoms with van der Waals surface area (Å²) >= 11 is 0. The molecule has 0 aliphatic heterocycles. The summed E-state index contributed by atoms with van der Waals surface area (Å²) in [4.78, 5) is 4.25. The number of hydrogen-bond donors (Lipinski definition) is 2. The molecular weight excluding hydrogens is 425 g/mol. The van der Waals surface area contributed by atoms with E-state index in [9.17, 15) is 0 Å². The van der Waals surface area contributed by atoms with Gasteiger partial charge in [-0.1, -0.05) is 45.0 Å². The van der Waals surface area contributed by atoms with Gasteiger partial charge >= 0.3 is 0 Å². The van der Waals surface area contributed by atoms with Gasteiger partial charge in [0.25, 0.3) is 0 Å². The van der Waals surface area contributed by atoms with E-state index < -0.39 is 0 Å². The third-order valence-electron chi connectivity index (χ3n) is 3.94. The second-order valence-corrected chi connectivity index (χ2v) is 6.89. The second kappa shape index (κ2) is 10.4. The molecule has 0 unspecified atom stereocenters. The van der Waals surface area contributed by atoms with E-state index in [1.54, 1.807) is 13.2 Å². The Morgan fingerprint density at radius 3 is 2.36 bits per heavy atom. The number of aromatic nitrogens is 2. The Morgan fingerprint density at radius 1 is 1.12 bits per heavy atom. The van der Waals surface area contributed by atoms with Crippen LogP contribution in [0.15, 0.2) is 47.7 Å². The van der Waals surface area contributed by atoms with Gasteiger partial charge in [-0.25, -0.2) is 0 Å². The van der Waals surface area contributed by atoms with Crippen LogP contribution in [0, 0.1) is 0 Å². The zero-order valence-corrected chi connectivity index (χ0v) is 18.0. The molecule has 1 aromatic carbocycles. The van der Waals surface area contributed by atoms with Crippen molar-refractivity contribution in [3.8, 4) is 0 Å². The standard InChI is InChI=1S/C19H29N5.HI/c1-19(2,3)17-8-6-16(7-9-17)10-12-21-18(20-4)22-13-15-24-14-5-11-23-24;/h5-9,11,14H,10,12-13,15H2,1-4H3,(H2,20,21,22);1H. The van der Waals surface area contributed by atoms with Crippen LogP contribution in [0.4, 0.5) is 0 Å². The fraction of sp³-hybridized carbons (Fsp3) is 0.474. The van der Waals surface area contributed by atoms with Crippen LogP contribution in [0.1, 0.15) is 31.9 Å². The molecule has 0 aliphatic rings. The predicted molar refractivity (Wildman–Crippen MR) is 116 cm³/mol. The van der Waals surface area contributed by atoms with Crippen LogP contribution in [0.2, 0.25) is 0 Å². The van der Waals surface area contributed by atoms with Gasteiger partial charge < -0.3 is 10.6 Å². The highest BCUT2D eigenvalue weighted by molar-refractivity contribution is 14.0. The van der Waals surface area contributed by atoms with Crippen molar-refractivity contribution in [3.05, 3.63) is 53.9 Å². The fourth-order valence-electron chi connectivity index (χ4n) is 2.44. The molecule has 0 saturated carbocycles. The lowest BCUT2D eigenvalue weighted by Gasteiger charge is -2.19. The van der Waals surface area contributed by atoms with Gasteiger partial charge in [0.05, 0.1) is 6.54 Å². The maximum absolute atomic E-state index is 4.25. The molecule has 0 fully saturated rings. The lowest BCUT2D eigenvalue weighted by Crippen LogP contribution is -2.39. The SMILES string of the molecule is CN=C(NCCc1ccc(C(C)(C)C)cc1)NCCn1cccn1.I. The first-order valence-electron chi connectivity index (χ1n) is 8.50. The normalized spacial score (nSPS) is 11.8. The van der Waals surface area contributed by atoms with Crippen molar-refractivity contribution in [3.63, 3.8) is 0 Å². The third kappa shape index (κ3) is 7.46. The monoisotopic (exact) mass is 455 g/mol. The summed E-state index contributed by atoms with van der Waals surface area (Å²) in [6, 6.07) is 10.8. The molecule has 0 amide bonds. The van der Waals surface area contributed by atoms with Crippen molar-refractivity contribution in [2.45, 2.75) is 39.2 Å². The maximum atomic E-state index is 4.25. The van der Waals surface area contributed by atoms with E-state index in [4.69, 9.17) is 0 Å². The highest BCUT2D eigenvalue weighted by Gasteiger charge is 2.12. The van der Waals surface area contributed by atoms with Gasteiger partial charge in [-0.15, -0.1) is 24.0 Å². The largest absolute Gasteiger partial charge is 0.356 e. The topological polar surface area (TPSA) is 54.2 Å². The van der Waals surface area contributed by atoms with Gasteiger partial charge in [-0.05, 0) is 29.0 Å². The number of guanidine groups is 1. The van der Waals surface area contributed by atoms with Gasteiger partial charge in [0.1, 0.15) is 0 Å². The predicted octanol–water partition coefficient (Wildman–Crippen LogP) is 3.21. The van der Waals surface area contributed by atoms with E-state index in [-0.39, 0.29) is 29.4 Å². The number of nitrogens with zero attached hydrogens (tertiary/aromatic N) is 3. The van der Waals surface area contributed by atoms with E-state index in [0.29, 0.717) is 0 Å². The van der Waals surface area contributed by atoms with Gasteiger partial charge in [0, 0.05) is 32.5 Å². The van der Waals surface area contributed by atoms with E-state index in [0.717, 1.165) is 32.0 Å². The van der Waals surface area contributed by atoms with Crippen LogP contribution in [0.5, 0.6) is 0 Å². The Kier molecular flexibility index (Phi) is 8.96. The zero-order valence-electron chi connectivity index (χ0n) is 15.6. The molecule has 6 heteroatoms. The smallest absolute Gasteiger partial charge is 0.191 e. The second-order valence-electron chi connectivity index (χ2n) is 6.89. The summed E-state index contributed by atoms with van der Waals surface area (Å²) in [5.74, 6) is 0.827. The van der Waals surface area contributed by atoms with E-state index in [1.165, 1.54) is 11.1 Å². The molecule has 25 heavy (non-hydrogen) atoms. The van der Waals surface area contributed by atoms with E-state index in [2.05, 4.69) is 65.8 Å². The average molecular weight is 455 g/mol. The molecule has 0 aliphatic carbocycles. The molecule has 2 rings (SSSR count). The van der Waals surface area contributed by atoms with Crippen LogP contribution in [-0.2, 0) is 18.4 Å². The van der Waals surface area contributed by atoms with Gasteiger partial charge in [0.15, 0.2) is 5.96 Å². The van der Waals surface area contributed by atoms with E-state index in [1.807, 2.05) is 16.9 Å². The molecule has 5 nitrogen and oxygen atoms in total. The van der Waals surface area contributed by atoms with Crippen LogP contribution < -0.4 is 10.6 Å². The summed E-state index contributed by atoms with van der Waals surface area (Å²) in [6.45, 7) is 9.19. The molecule has 1 aromatic heterocycles. The van der Waals surface area contributed by atoms with Crippen LogP contribution >= 0.6 is 24.0 Å². The van der Waals surface area contributed by atoms with Crippen molar-refractivity contribution >= 4 is 29.9 Å². The van der Waals surface area contributed by atoms with Crippen molar-refractivity contribution in [1.29, 1.82) is 0 Å². The van der Waals surface area contributed by atoms with Crippen LogP contribution in [0.3, 0.4) is 0 Å². The number of aliphatic imine (C=N–C) groups is 1. The minimum atomic E-state index is 0. The Balaban J connectivity index is 0.00000312. The summed E-state index contributed by atoms with van der Waals surface area (Å²) in [5.41, 5.74) is 2.91. The first-order chi connectivity index (χ1) is 11.5. The number of hydrogen-bond acceptors (Lipinski definition) is 2. The Hall–Kier alpha value is -1.57. The highest BCUT2D eigenvalue weighted by atomic mass is 127. The quantitative estimate of drug-likeness (QED) is 0.400. The minimum Gasteiger partial charge on any atom is -0.356 e. The maximum Gasteiger partial charge on any atom is 0.191 e. The molecule has 0 atom stereocenters. The molecule has 0 radical (unpaired) electrons. The fourth-order valence-corrected chi connectivity index (χ4v) is 2.44. The first kappa shape index (κ1) is 21.5. The van der Waals surface area contributed by atoms with Crippen LogP contribution in [0.25, 0.3) is 0 Å². The third-order valence-corrected chi connectivity index (χ3v) is 3.94. The van der Waals surface area contributed by atoms with E-state index >= 15 is 0 Å². The van der Waals surface area contributed by atoms with Crippen LogP contribution in [-0.4, -0.2) is 35.9 Å². The lowest BCUT2D eigenvalue weighted by atomic mass is 9.86. The summed E-state index contributed by atoms with van der Waals surface area (Å²) in [7, 11) is 1.79. The molecule has 2 N–H and O–H groups in total. The summed E-state index contributed by atoms with van der Waals surface area (Å²) in [5, 5.41) is 10.8. The molecule has 2 aromatic rings. The number of benzene rings is 1. The van der Waals surface area contributed by atoms with Crippen molar-refractivity contribution < 1.29 is 0 Å². The molecule has 138 valence electrons. The molecule has 0 bridgehead atoms. The molecule has 0 saturated heterocycles. The molecule has 0 spiro atoms. The number of nitrogens with one attached hydrogen (secondary N) is 2. The number of halogens is 1. The lowest BCUT2D eigenvalue weighted by molar-refractivity contribution is 0.590. The molecule has 1 heterocycles. The van der Waals surface area contributed by atoms with Crippen molar-refractivity contribution in [2.24, 2.45) is 4.99 Å². The first-order valence-corrected chi connectivity index (χ1v) is 8.50. The Labute approximate surface area is 168 Å². The zero-order chi connectivity index (χ0) is 17.4. The molecular formula is C19H30IN5. The average Bonchev–Trinajstić information content (AvgIpc) is 3.06. The Bertz CT molecular complexity index is 627. The van der Waals surface area contributed by atoms with Crippen molar-refractivity contribution in [1.82, 2.24) is 20.4 Å². The Morgan fingerprint density at radius 2 is 1.80 bits per heavy atom. The van der Waals surface area contributed by atoms with Gasteiger partial charge in [0.2, 0.25) is 0 Å². The number of rotatable bonds is 6.